The van der Waals surface area contributed by atoms with Gasteiger partial charge < -0.3 is 25.2 Å². The van der Waals surface area contributed by atoms with Gasteiger partial charge in [0.1, 0.15) is 17.3 Å². The summed E-state index contributed by atoms with van der Waals surface area (Å²) >= 11 is 0. The molecule has 4 rings (SSSR count). The maximum Gasteiger partial charge on any atom is 0.469 e. The zero-order valence-electron chi connectivity index (χ0n) is 18.1. The minimum atomic E-state index is -4.62. The number of para-hydroxylation sites is 1. The van der Waals surface area contributed by atoms with Crippen LogP contribution in [0.2, 0.25) is 0 Å². The summed E-state index contributed by atoms with van der Waals surface area (Å²) < 4.78 is 21.1. The molecule has 0 atom stereocenters. The second kappa shape index (κ2) is 10.5. The molecule has 3 aromatic carbocycles. The fraction of sp³-hybridized carbons (Fsp3) is 0.0909. The molecule has 0 unspecified atom stereocenters. The maximum atomic E-state index is 11.2. The van der Waals surface area contributed by atoms with Crippen LogP contribution in [0.25, 0.3) is 10.9 Å². The van der Waals surface area contributed by atoms with E-state index in [-0.39, 0.29) is 30.6 Å². The molecule has 0 amide bonds. The number of non-ortho nitro benzene ring substituents is 1. The van der Waals surface area contributed by atoms with Crippen molar-refractivity contribution in [2.24, 2.45) is 0 Å². The number of fused-ring (bicyclic) bond motifs is 1. The Morgan fingerprint density at radius 1 is 0.971 bits per heavy atom. The molecular weight excluding hydrogens is 477 g/mol. The van der Waals surface area contributed by atoms with Crippen LogP contribution in [0.4, 0.5) is 23.1 Å². The molecule has 0 saturated carbocycles. The van der Waals surface area contributed by atoms with Crippen LogP contribution >= 0.6 is 7.82 Å². The largest absolute Gasteiger partial charge is 0.469 e. The highest BCUT2D eigenvalue weighted by molar-refractivity contribution is 7.46. The summed E-state index contributed by atoms with van der Waals surface area (Å²) in [5.74, 6) is 1.79. The van der Waals surface area contributed by atoms with E-state index in [4.69, 9.17) is 14.5 Å². The van der Waals surface area contributed by atoms with Gasteiger partial charge in [-0.1, -0.05) is 18.2 Å². The van der Waals surface area contributed by atoms with Gasteiger partial charge in [0.25, 0.3) is 5.69 Å². The third-order valence-electron chi connectivity index (χ3n) is 4.63. The highest BCUT2D eigenvalue weighted by Crippen LogP contribution is 2.35. The van der Waals surface area contributed by atoms with Gasteiger partial charge in [0.15, 0.2) is 0 Å². The average molecular weight is 497 g/mol. The summed E-state index contributed by atoms with van der Waals surface area (Å²) in [7, 11) is -4.62. The number of phosphoric acid groups is 1. The van der Waals surface area contributed by atoms with E-state index in [0.717, 1.165) is 0 Å². The number of benzene rings is 3. The van der Waals surface area contributed by atoms with Gasteiger partial charge >= 0.3 is 7.82 Å². The second-order valence-electron chi connectivity index (χ2n) is 7.17. The summed E-state index contributed by atoms with van der Waals surface area (Å²) in [5, 5.41) is 17.5. The molecule has 0 aliphatic heterocycles. The summed E-state index contributed by atoms with van der Waals surface area (Å²) in [4.78, 5) is 37.1. The van der Waals surface area contributed by atoms with E-state index in [9.17, 15) is 14.7 Å². The van der Waals surface area contributed by atoms with Gasteiger partial charge in [0, 0.05) is 29.8 Å². The van der Waals surface area contributed by atoms with Crippen molar-refractivity contribution in [1.82, 2.24) is 9.97 Å². The van der Waals surface area contributed by atoms with Gasteiger partial charge in [-0.2, -0.15) is 4.98 Å². The first-order valence-corrected chi connectivity index (χ1v) is 11.8. The topological polar surface area (TPSA) is 169 Å². The van der Waals surface area contributed by atoms with E-state index < -0.39 is 12.7 Å². The second-order valence-corrected chi connectivity index (χ2v) is 8.41. The quantitative estimate of drug-likeness (QED) is 0.105. The van der Waals surface area contributed by atoms with E-state index in [1.54, 1.807) is 24.3 Å². The zero-order valence-corrected chi connectivity index (χ0v) is 19.0. The number of anilines is 3. The highest BCUT2D eigenvalue weighted by atomic mass is 31.2. The molecule has 12 nitrogen and oxygen atoms in total. The monoisotopic (exact) mass is 497 g/mol. The molecule has 1 aromatic heterocycles. The summed E-state index contributed by atoms with van der Waals surface area (Å²) in [5.41, 5.74) is 0.948. The normalized spacial score (nSPS) is 11.3. The van der Waals surface area contributed by atoms with Gasteiger partial charge in [-0.05, 0) is 42.5 Å². The van der Waals surface area contributed by atoms with Gasteiger partial charge in [0.05, 0.1) is 17.0 Å². The van der Waals surface area contributed by atoms with Crippen molar-refractivity contribution in [1.29, 1.82) is 0 Å². The Morgan fingerprint density at radius 3 is 2.37 bits per heavy atom. The molecule has 35 heavy (non-hydrogen) atoms. The molecule has 4 aromatic rings. The lowest BCUT2D eigenvalue weighted by molar-refractivity contribution is -0.384. The average Bonchev–Trinajstić information content (AvgIpc) is 2.83. The van der Waals surface area contributed by atoms with Gasteiger partial charge in [-0.15, -0.1) is 0 Å². The molecule has 0 spiro atoms. The highest BCUT2D eigenvalue weighted by Gasteiger charge is 2.15. The lowest BCUT2D eigenvalue weighted by Gasteiger charge is -2.13. The number of nitrogens with one attached hydrogen (secondary N) is 2. The van der Waals surface area contributed by atoms with E-state index in [1.807, 2.05) is 30.3 Å². The summed E-state index contributed by atoms with van der Waals surface area (Å²) in [6, 6.07) is 20.6. The predicted octanol–water partition coefficient (Wildman–Crippen LogP) is 4.60. The number of ether oxygens (including phenoxy) is 1. The predicted molar refractivity (Wildman–Crippen MR) is 129 cm³/mol. The summed E-state index contributed by atoms with van der Waals surface area (Å²) in [6.07, 6.45) is 0. The smallest absolute Gasteiger partial charge is 0.457 e. The van der Waals surface area contributed by atoms with Crippen LogP contribution < -0.4 is 15.4 Å². The molecule has 0 aliphatic rings. The molecule has 0 bridgehead atoms. The first-order valence-electron chi connectivity index (χ1n) is 10.3. The molecule has 0 fully saturated rings. The maximum absolute atomic E-state index is 11.2. The van der Waals surface area contributed by atoms with Crippen molar-refractivity contribution in [3.63, 3.8) is 0 Å². The minimum absolute atomic E-state index is 0.00905. The van der Waals surface area contributed by atoms with Crippen LogP contribution in [0.5, 0.6) is 11.5 Å². The molecule has 4 N–H and O–H groups in total. The van der Waals surface area contributed by atoms with E-state index in [0.29, 0.717) is 28.1 Å². The SMILES string of the molecule is O=[N+]([O-])c1ccc2nc(Nc3ccc(Oc4ccccc4)cc3)nc(NCCOP(=O)(O)O)c2c1. The van der Waals surface area contributed by atoms with Crippen molar-refractivity contribution in [3.05, 3.63) is 82.9 Å². The number of hydrogen-bond acceptors (Lipinski definition) is 9. The molecule has 180 valence electrons. The standard InChI is InChI=1S/C22H20N5O7P/c28-27(29)16-8-11-20-19(14-16)21(23-12-13-33-35(30,31)32)26-22(25-20)24-15-6-9-18(10-7-15)34-17-4-2-1-3-5-17/h1-11,14H,12-13H2,(H2,30,31,32)(H2,23,24,25,26). The Balaban J connectivity index is 1.55. The number of nitro benzene ring substituents is 1. The van der Waals surface area contributed by atoms with Crippen LogP contribution in [0.1, 0.15) is 0 Å². The van der Waals surface area contributed by atoms with E-state index >= 15 is 0 Å². The third kappa shape index (κ3) is 6.71. The lowest BCUT2D eigenvalue weighted by Crippen LogP contribution is -2.11. The Bertz CT molecular complexity index is 1380. The number of hydrogen-bond donors (Lipinski definition) is 4. The first kappa shape index (κ1) is 24.0. The van der Waals surface area contributed by atoms with Crippen molar-refractivity contribution in [3.8, 4) is 11.5 Å². The zero-order chi connectivity index (χ0) is 24.8. The van der Waals surface area contributed by atoms with Gasteiger partial charge in [-0.25, -0.2) is 9.55 Å². The van der Waals surface area contributed by atoms with Crippen LogP contribution in [0.3, 0.4) is 0 Å². The Labute approximate surface area is 199 Å². The van der Waals surface area contributed by atoms with Gasteiger partial charge in [0.2, 0.25) is 5.95 Å². The van der Waals surface area contributed by atoms with Gasteiger partial charge in [-0.3, -0.25) is 14.6 Å². The molecule has 0 radical (unpaired) electrons. The van der Waals surface area contributed by atoms with E-state index in [2.05, 4.69) is 25.1 Å². The Morgan fingerprint density at radius 2 is 1.69 bits per heavy atom. The fourth-order valence-electron chi connectivity index (χ4n) is 3.11. The van der Waals surface area contributed by atoms with E-state index in [1.165, 1.54) is 18.2 Å². The van der Waals surface area contributed by atoms with Crippen LogP contribution in [0.15, 0.2) is 72.8 Å². The van der Waals surface area contributed by atoms with Crippen LogP contribution in [-0.2, 0) is 9.09 Å². The molecular formula is C22H20N5O7P. The Hall–Kier alpha value is -4.09. The van der Waals surface area contributed by atoms with Crippen LogP contribution in [0, 0.1) is 10.1 Å². The van der Waals surface area contributed by atoms with Crippen LogP contribution in [-0.4, -0.2) is 37.8 Å². The first-order chi connectivity index (χ1) is 16.8. The molecule has 0 aliphatic carbocycles. The number of rotatable bonds is 10. The minimum Gasteiger partial charge on any atom is -0.457 e. The number of phosphoric ester groups is 1. The fourth-order valence-corrected chi connectivity index (χ4v) is 3.44. The molecule has 0 saturated heterocycles. The van der Waals surface area contributed by atoms with Crippen molar-refractivity contribution in [2.75, 3.05) is 23.8 Å². The molecule has 13 heteroatoms. The van der Waals surface area contributed by atoms with Crippen molar-refractivity contribution >= 4 is 41.9 Å². The Kier molecular flexibility index (Phi) is 7.18. The number of aromatic nitrogens is 2. The lowest BCUT2D eigenvalue weighted by atomic mass is 10.2. The number of nitro groups is 1. The number of nitrogens with zero attached hydrogens (tertiary/aromatic N) is 3. The molecule has 1 heterocycles. The van der Waals surface area contributed by atoms with Crippen molar-refractivity contribution < 1.29 is 28.5 Å². The summed E-state index contributed by atoms with van der Waals surface area (Å²) in [6.45, 7) is -0.318. The van der Waals surface area contributed by atoms with Crippen molar-refractivity contribution in [2.45, 2.75) is 0 Å². The third-order valence-corrected chi connectivity index (χ3v) is 5.15.